The van der Waals surface area contributed by atoms with Crippen LogP contribution in [0, 0.1) is 13.8 Å². The SMILES string of the molecule is Cc1ccc(O[P+](Oc2ccccc2)(Oc2ccccc2)Oc2cccc(C(C)C)c2)c(C)c1. The van der Waals surface area contributed by atoms with Gasteiger partial charge in [0.25, 0.3) is 0 Å². The van der Waals surface area contributed by atoms with Crippen LogP contribution in [0.15, 0.2) is 103 Å². The normalized spacial score (nSPS) is 11.2. The quantitative estimate of drug-likeness (QED) is 0.228. The molecule has 0 amide bonds. The molecule has 4 nitrogen and oxygen atoms in total. The van der Waals surface area contributed by atoms with E-state index in [2.05, 4.69) is 26.0 Å². The van der Waals surface area contributed by atoms with Crippen molar-refractivity contribution in [1.29, 1.82) is 0 Å². The van der Waals surface area contributed by atoms with Crippen molar-refractivity contribution in [3.8, 4) is 23.0 Å². The molecule has 0 aliphatic carbocycles. The van der Waals surface area contributed by atoms with Crippen LogP contribution in [0.3, 0.4) is 0 Å². The molecule has 4 aromatic carbocycles. The number of rotatable bonds is 9. The first-order chi connectivity index (χ1) is 16.4. The van der Waals surface area contributed by atoms with Crippen LogP contribution in [-0.2, 0) is 0 Å². The summed E-state index contributed by atoms with van der Waals surface area (Å²) >= 11 is 0. The second-order valence-electron chi connectivity index (χ2n) is 8.43. The maximum absolute atomic E-state index is 6.54. The van der Waals surface area contributed by atoms with Gasteiger partial charge in [-0.25, -0.2) is 18.1 Å². The summed E-state index contributed by atoms with van der Waals surface area (Å²) in [6, 6.07) is 32.9. The van der Waals surface area contributed by atoms with E-state index in [1.807, 2.05) is 105 Å². The van der Waals surface area contributed by atoms with Gasteiger partial charge in [-0.05, 0) is 73.4 Å². The van der Waals surface area contributed by atoms with Crippen LogP contribution in [-0.4, -0.2) is 0 Å². The predicted molar refractivity (Wildman–Crippen MR) is 139 cm³/mol. The zero-order valence-corrected chi connectivity index (χ0v) is 20.9. The molecule has 5 heteroatoms. The monoisotopic (exact) mass is 473 g/mol. The maximum Gasteiger partial charge on any atom is 0.766 e. The lowest BCUT2D eigenvalue weighted by Crippen LogP contribution is -2.21. The summed E-state index contributed by atoms with van der Waals surface area (Å²) < 4.78 is 26.0. The fourth-order valence-electron chi connectivity index (χ4n) is 3.41. The highest BCUT2D eigenvalue weighted by molar-refractivity contribution is 7.58. The molecule has 4 rings (SSSR count). The summed E-state index contributed by atoms with van der Waals surface area (Å²) in [5, 5.41) is 0. The zero-order chi connectivity index (χ0) is 24.0. The van der Waals surface area contributed by atoms with Gasteiger partial charge in [0.15, 0.2) is 23.0 Å². The Kier molecular flexibility index (Phi) is 7.40. The average Bonchev–Trinajstić information content (AvgIpc) is 2.82. The molecule has 4 aromatic rings. The molecule has 0 bridgehead atoms. The summed E-state index contributed by atoms with van der Waals surface area (Å²) in [7, 11) is -3.48. The van der Waals surface area contributed by atoms with Gasteiger partial charge in [0.2, 0.25) is 0 Å². The van der Waals surface area contributed by atoms with E-state index in [9.17, 15) is 0 Å². The molecule has 0 unspecified atom stereocenters. The highest BCUT2D eigenvalue weighted by atomic mass is 31.2. The van der Waals surface area contributed by atoms with Gasteiger partial charge in [-0.2, -0.15) is 0 Å². The molecular weight excluding hydrogens is 443 g/mol. The first kappa shape index (κ1) is 23.7. The van der Waals surface area contributed by atoms with Gasteiger partial charge >= 0.3 is 8.17 Å². The third kappa shape index (κ3) is 6.09. The van der Waals surface area contributed by atoms with Crippen molar-refractivity contribution >= 4 is 8.17 Å². The molecule has 0 spiro atoms. The topological polar surface area (TPSA) is 36.9 Å². The van der Waals surface area contributed by atoms with E-state index in [4.69, 9.17) is 18.1 Å². The fourth-order valence-corrected chi connectivity index (χ4v) is 5.22. The largest absolute Gasteiger partial charge is 0.766 e. The molecule has 0 saturated heterocycles. The van der Waals surface area contributed by atoms with Crippen LogP contribution < -0.4 is 18.1 Å². The zero-order valence-electron chi connectivity index (χ0n) is 20.0. The second-order valence-corrected chi connectivity index (χ2v) is 10.1. The van der Waals surface area contributed by atoms with Gasteiger partial charge in [-0.3, -0.25) is 0 Å². The van der Waals surface area contributed by atoms with Crippen molar-refractivity contribution in [1.82, 2.24) is 0 Å². The van der Waals surface area contributed by atoms with Crippen molar-refractivity contribution in [3.63, 3.8) is 0 Å². The van der Waals surface area contributed by atoms with Gasteiger partial charge in [-0.1, -0.05) is 80.1 Å². The smallest absolute Gasteiger partial charge is 0.241 e. The van der Waals surface area contributed by atoms with Gasteiger partial charge in [0, 0.05) is 0 Å². The Balaban J connectivity index is 1.81. The highest BCUT2D eigenvalue weighted by Gasteiger charge is 2.57. The molecule has 0 aromatic heterocycles. The highest BCUT2D eigenvalue weighted by Crippen LogP contribution is 2.61. The summed E-state index contributed by atoms with van der Waals surface area (Å²) in [6.07, 6.45) is 0. The van der Waals surface area contributed by atoms with E-state index in [-0.39, 0.29) is 0 Å². The van der Waals surface area contributed by atoms with E-state index in [1.54, 1.807) is 0 Å². The third-order valence-electron chi connectivity index (χ3n) is 5.20. The summed E-state index contributed by atoms with van der Waals surface area (Å²) in [5.41, 5.74) is 3.27. The van der Waals surface area contributed by atoms with Crippen LogP contribution in [0.2, 0.25) is 0 Å². The van der Waals surface area contributed by atoms with Gasteiger partial charge in [0.1, 0.15) is 0 Å². The summed E-state index contributed by atoms with van der Waals surface area (Å²) in [6.45, 7) is 8.35. The van der Waals surface area contributed by atoms with Crippen LogP contribution in [0.25, 0.3) is 0 Å². The van der Waals surface area contributed by atoms with Gasteiger partial charge in [-0.15, -0.1) is 0 Å². The lowest BCUT2D eigenvalue weighted by molar-refractivity contribution is 0.262. The third-order valence-corrected chi connectivity index (χ3v) is 6.93. The van der Waals surface area contributed by atoms with Crippen molar-refractivity contribution in [2.45, 2.75) is 33.6 Å². The molecule has 174 valence electrons. The lowest BCUT2D eigenvalue weighted by Gasteiger charge is -2.21. The molecule has 0 aliphatic rings. The minimum atomic E-state index is -3.48. The molecule has 0 heterocycles. The van der Waals surface area contributed by atoms with E-state index < -0.39 is 8.17 Å². The van der Waals surface area contributed by atoms with Gasteiger partial charge in [0.05, 0.1) is 0 Å². The average molecular weight is 474 g/mol. The Morgan fingerprint density at radius 1 is 0.559 bits per heavy atom. The number of benzene rings is 4. The standard InChI is InChI=1S/C29H30O4P/c1-22(2)25-12-11-17-28(21-25)32-34(30-26-13-7-5-8-14-26,31-27-15-9-6-10-16-27)33-29-19-18-23(3)20-24(29)4/h5-22H,1-4H3/q+1. The molecular formula is C29H30O4P+. The molecule has 0 aliphatic heterocycles. The van der Waals surface area contributed by atoms with Crippen molar-refractivity contribution < 1.29 is 18.1 Å². The lowest BCUT2D eigenvalue weighted by atomic mass is 10.0. The Morgan fingerprint density at radius 2 is 1.12 bits per heavy atom. The summed E-state index contributed by atoms with van der Waals surface area (Å²) in [4.78, 5) is 0. The van der Waals surface area contributed by atoms with Crippen LogP contribution >= 0.6 is 8.17 Å². The predicted octanol–water partition coefficient (Wildman–Crippen LogP) is 8.72. The van der Waals surface area contributed by atoms with Crippen LogP contribution in [0.4, 0.5) is 0 Å². The fraction of sp³-hybridized carbons (Fsp3) is 0.172. The number of hydrogen-bond donors (Lipinski definition) is 0. The van der Waals surface area contributed by atoms with Crippen LogP contribution in [0.1, 0.15) is 36.5 Å². The Bertz CT molecular complexity index is 1170. The first-order valence-corrected chi connectivity index (χ1v) is 12.8. The van der Waals surface area contributed by atoms with Crippen LogP contribution in [0.5, 0.6) is 23.0 Å². The molecule has 34 heavy (non-hydrogen) atoms. The van der Waals surface area contributed by atoms with Crippen molar-refractivity contribution in [2.75, 3.05) is 0 Å². The maximum atomic E-state index is 6.54. The van der Waals surface area contributed by atoms with Crippen molar-refractivity contribution in [3.05, 3.63) is 120 Å². The van der Waals surface area contributed by atoms with E-state index in [0.29, 0.717) is 28.9 Å². The van der Waals surface area contributed by atoms with E-state index in [0.717, 1.165) is 16.7 Å². The second kappa shape index (κ2) is 10.6. The minimum absolute atomic E-state index is 0.349. The number of hydrogen-bond acceptors (Lipinski definition) is 4. The Morgan fingerprint density at radius 3 is 1.68 bits per heavy atom. The molecule has 0 radical (unpaired) electrons. The molecule has 0 atom stereocenters. The Hall–Kier alpha value is -3.49. The first-order valence-electron chi connectivity index (χ1n) is 11.4. The van der Waals surface area contributed by atoms with E-state index >= 15 is 0 Å². The Labute approximate surface area is 202 Å². The number of para-hydroxylation sites is 2. The van der Waals surface area contributed by atoms with Crippen molar-refractivity contribution in [2.24, 2.45) is 0 Å². The molecule has 0 N–H and O–H groups in total. The van der Waals surface area contributed by atoms with E-state index in [1.165, 1.54) is 0 Å². The minimum Gasteiger partial charge on any atom is -0.241 e. The molecule has 0 fully saturated rings. The number of aryl methyl sites for hydroxylation is 2. The molecule has 0 saturated carbocycles. The van der Waals surface area contributed by atoms with Gasteiger partial charge < -0.3 is 0 Å². The summed E-state index contributed by atoms with van der Waals surface area (Å²) in [5.74, 6) is 2.80.